The zero-order valence-corrected chi connectivity index (χ0v) is 20.3. The van der Waals surface area contributed by atoms with Gasteiger partial charge in [-0.2, -0.15) is 5.26 Å². The van der Waals surface area contributed by atoms with Crippen LogP contribution in [0.4, 0.5) is 10.3 Å². The van der Waals surface area contributed by atoms with Crippen molar-refractivity contribution >= 4 is 21.9 Å². The highest BCUT2D eigenvalue weighted by molar-refractivity contribution is 7.92. The van der Waals surface area contributed by atoms with Crippen molar-refractivity contribution in [2.24, 2.45) is 0 Å². The number of carbonyl (C=O) groups is 1. The topological polar surface area (TPSA) is 148 Å². The summed E-state index contributed by atoms with van der Waals surface area (Å²) in [4.78, 5) is 11.9. The summed E-state index contributed by atoms with van der Waals surface area (Å²) in [5.41, 5.74) is 0.810. The van der Waals surface area contributed by atoms with Crippen molar-refractivity contribution < 1.29 is 27.1 Å². The largest absolute Gasteiger partial charge is 0.494 e. The highest BCUT2D eigenvalue weighted by atomic mass is 32.2. The number of benzene rings is 2. The van der Waals surface area contributed by atoms with Crippen LogP contribution in [0, 0.1) is 17.1 Å². The SMILES string of the molecule is COc1cccc(OC)c1-n1c(NS(=O)(=O)CCc2ccc(F)cc2C#N)nnc1[C@@H]1CCC(=O)N1. The van der Waals surface area contributed by atoms with Gasteiger partial charge in [0.2, 0.25) is 21.9 Å². The average molecular weight is 515 g/mol. The van der Waals surface area contributed by atoms with Crippen LogP contribution in [-0.4, -0.2) is 49.1 Å². The molecule has 0 aliphatic carbocycles. The maximum absolute atomic E-state index is 13.4. The summed E-state index contributed by atoms with van der Waals surface area (Å²) in [6, 6.07) is 10.0. The number of amides is 1. The molecule has 2 heterocycles. The molecule has 4 rings (SSSR count). The van der Waals surface area contributed by atoms with Gasteiger partial charge in [0, 0.05) is 6.42 Å². The number of rotatable bonds is 9. The van der Waals surface area contributed by atoms with Crippen LogP contribution in [-0.2, 0) is 21.2 Å². The molecule has 1 fully saturated rings. The molecule has 1 saturated heterocycles. The summed E-state index contributed by atoms with van der Waals surface area (Å²) in [5.74, 6) is -0.243. The van der Waals surface area contributed by atoms with Gasteiger partial charge in [0.15, 0.2) is 5.82 Å². The summed E-state index contributed by atoms with van der Waals surface area (Å²) in [5, 5.41) is 20.3. The van der Waals surface area contributed by atoms with Gasteiger partial charge in [0.25, 0.3) is 0 Å². The Morgan fingerprint density at radius 2 is 1.94 bits per heavy atom. The van der Waals surface area contributed by atoms with Crippen LogP contribution in [0.3, 0.4) is 0 Å². The quantitative estimate of drug-likeness (QED) is 0.442. The van der Waals surface area contributed by atoms with E-state index in [4.69, 9.17) is 9.47 Å². The number of hydrogen-bond acceptors (Lipinski definition) is 8. The molecule has 2 aromatic carbocycles. The van der Waals surface area contributed by atoms with Crippen molar-refractivity contribution in [3.05, 3.63) is 59.2 Å². The predicted molar refractivity (Wildman–Crippen MR) is 127 cm³/mol. The number of methoxy groups -OCH3 is 2. The Hall–Kier alpha value is -4.18. The van der Waals surface area contributed by atoms with Gasteiger partial charge >= 0.3 is 0 Å². The fraction of sp³-hybridized carbons (Fsp3) is 0.304. The second-order valence-electron chi connectivity index (χ2n) is 7.97. The number of aryl methyl sites for hydroxylation is 1. The molecule has 0 unspecified atom stereocenters. The van der Waals surface area contributed by atoms with E-state index < -0.39 is 27.6 Å². The van der Waals surface area contributed by atoms with E-state index in [-0.39, 0.29) is 23.8 Å². The molecule has 0 radical (unpaired) electrons. The van der Waals surface area contributed by atoms with Crippen molar-refractivity contribution in [2.45, 2.75) is 25.3 Å². The minimum absolute atomic E-state index is 0.0316. The van der Waals surface area contributed by atoms with Crippen LogP contribution < -0.4 is 19.5 Å². The summed E-state index contributed by atoms with van der Waals surface area (Å²) in [6.45, 7) is 0. The molecule has 1 aliphatic heterocycles. The maximum atomic E-state index is 13.4. The molecule has 1 aliphatic rings. The fourth-order valence-corrected chi connectivity index (χ4v) is 4.97. The lowest BCUT2D eigenvalue weighted by Crippen LogP contribution is -2.24. The predicted octanol–water partition coefficient (Wildman–Crippen LogP) is 2.23. The Balaban J connectivity index is 1.72. The van der Waals surface area contributed by atoms with E-state index in [9.17, 15) is 22.9 Å². The monoisotopic (exact) mass is 514 g/mol. The molecule has 0 bridgehead atoms. The first-order valence-corrected chi connectivity index (χ1v) is 12.6. The lowest BCUT2D eigenvalue weighted by molar-refractivity contribution is -0.119. The summed E-state index contributed by atoms with van der Waals surface area (Å²) in [6.07, 6.45) is 0.708. The zero-order chi connectivity index (χ0) is 25.9. The van der Waals surface area contributed by atoms with Crippen LogP contribution in [0.15, 0.2) is 36.4 Å². The van der Waals surface area contributed by atoms with E-state index in [1.807, 2.05) is 6.07 Å². The molecule has 1 aromatic heterocycles. The maximum Gasteiger partial charge on any atom is 0.243 e. The third-order valence-corrected chi connectivity index (χ3v) is 6.93. The normalized spacial score (nSPS) is 15.3. The Morgan fingerprint density at radius 3 is 2.56 bits per heavy atom. The molecule has 36 heavy (non-hydrogen) atoms. The molecule has 3 aromatic rings. The number of ether oxygens (including phenoxy) is 2. The van der Waals surface area contributed by atoms with E-state index in [1.54, 1.807) is 18.2 Å². The van der Waals surface area contributed by atoms with E-state index in [0.717, 1.165) is 6.07 Å². The minimum atomic E-state index is -4.00. The fourth-order valence-electron chi connectivity index (χ4n) is 3.97. The zero-order valence-electron chi connectivity index (χ0n) is 19.5. The van der Waals surface area contributed by atoms with Gasteiger partial charge in [-0.1, -0.05) is 12.1 Å². The van der Waals surface area contributed by atoms with Crippen LogP contribution in [0.2, 0.25) is 0 Å². The Labute approximate surface area is 206 Å². The lowest BCUT2D eigenvalue weighted by Gasteiger charge is -2.19. The number of nitriles is 1. The molecule has 13 heteroatoms. The number of anilines is 1. The van der Waals surface area contributed by atoms with Crippen LogP contribution in [0.5, 0.6) is 11.5 Å². The van der Waals surface area contributed by atoms with Crippen molar-refractivity contribution in [1.82, 2.24) is 20.1 Å². The average Bonchev–Trinajstić information content (AvgIpc) is 3.47. The number of nitrogens with one attached hydrogen (secondary N) is 2. The lowest BCUT2D eigenvalue weighted by atomic mass is 10.1. The molecule has 188 valence electrons. The summed E-state index contributed by atoms with van der Waals surface area (Å²) >= 11 is 0. The summed E-state index contributed by atoms with van der Waals surface area (Å²) < 4.78 is 54.4. The molecular formula is C23H23FN6O5S. The molecular weight excluding hydrogens is 491 g/mol. The van der Waals surface area contributed by atoms with E-state index in [1.165, 1.54) is 30.9 Å². The standard InChI is InChI=1S/C23H23FN6O5S/c1-34-18-4-3-5-19(35-2)21(18)30-22(17-8-9-20(31)26-17)27-28-23(30)29-36(32,33)11-10-14-6-7-16(24)12-15(14)13-25/h3-7,12,17H,8-11H2,1-2H3,(H,26,31)(H,28,29)/t17-/m0/s1. The van der Waals surface area contributed by atoms with Gasteiger partial charge in [0.1, 0.15) is 23.0 Å². The van der Waals surface area contributed by atoms with Gasteiger partial charge in [-0.3, -0.25) is 14.1 Å². The summed E-state index contributed by atoms with van der Waals surface area (Å²) in [7, 11) is -1.09. The Bertz CT molecular complexity index is 1430. The number of nitrogens with zero attached hydrogens (tertiary/aromatic N) is 4. The second-order valence-corrected chi connectivity index (χ2v) is 9.81. The van der Waals surface area contributed by atoms with Crippen molar-refractivity contribution in [2.75, 3.05) is 24.7 Å². The van der Waals surface area contributed by atoms with Crippen molar-refractivity contribution in [3.8, 4) is 23.3 Å². The Kier molecular flexibility index (Phi) is 7.07. The first-order chi connectivity index (χ1) is 17.3. The highest BCUT2D eigenvalue weighted by Crippen LogP contribution is 2.37. The van der Waals surface area contributed by atoms with E-state index in [0.29, 0.717) is 41.4 Å². The molecule has 1 atom stereocenters. The van der Waals surface area contributed by atoms with E-state index >= 15 is 0 Å². The first-order valence-electron chi connectivity index (χ1n) is 10.9. The molecule has 11 nitrogen and oxygen atoms in total. The van der Waals surface area contributed by atoms with Gasteiger partial charge < -0.3 is 14.8 Å². The van der Waals surface area contributed by atoms with Crippen molar-refractivity contribution in [3.63, 3.8) is 0 Å². The molecule has 0 saturated carbocycles. The number of hydrogen-bond donors (Lipinski definition) is 2. The highest BCUT2D eigenvalue weighted by Gasteiger charge is 2.32. The van der Waals surface area contributed by atoms with Gasteiger partial charge in [-0.15, -0.1) is 10.2 Å². The number of halogens is 1. The Morgan fingerprint density at radius 1 is 1.22 bits per heavy atom. The molecule has 0 spiro atoms. The molecule has 1 amide bonds. The first kappa shape index (κ1) is 24.9. The third-order valence-electron chi connectivity index (χ3n) is 5.70. The van der Waals surface area contributed by atoms with Gasteiger partial charge in [-0.05, 0) is 42.7 Å². The van der Waals surface area contributed by atoms with Crippen LogP contribution in [0.1, 0.15) is 35.8 Å². The molecule has 2 N–H and O–H groups in total. The van der Waals surface area contributed by atoms with Gasteiger partial charge in [0.05, 0.1) is 37.6 Å². The second kappa shape index (κ2) is 10.2. The number of sulfonamides is 1. The number of carbonyl (C=O) groups excluding carboxylic acids is 1. The van der Waals surface area contributed by atoms with Crippen LogP contribution in [0.25, 0.3) is 5.69 Å². The van der Waals surface area contributed by atoms with Crippen molar-refractivity contribution in [1.29, 1.82) is 5.26 Å². The number of para-hydroxylation sites is 1. The third kappa shape index (κ3) is 5.08. The van der Waals surface area contributed by atoms with E-state index in [2.05, 4.69) is 20.2 Å². The van der Waals surface area contributed by atoms with Crippen LogP contribution >= 0.6 is 0 Å². The smallest absolute Gasteiger partial charge is 0.243 e. The van der Waals surface area contributed by atoms with Gasteiger partial charge in [-0.25, -0.2) is 12.8 Å². The minimum Gasteiger partial charge on any atom is -0.494 e. The number of aromatic nitrogens is 3.